The molecule has 0 aromatic carbocycles. The lowest BCUT2D eigenvalue weighted by atomic mass is 9.97. The highest BCUT2D eigenvalue weighted by molar-refractivity contribution is 7.93. The maximum absolute atomic E-state index is 11.3. The third-order valence-electron chi connectivity index (χ3n) is 2.60. The van der Waals surface area contributed by atoms with Crippen molar-refractivity contribution >= 4 is 9.84 Å². The SMILES string of the molecule is O=S1(=O)CCCC12CNC2. The third-order valence-corrected chi connectivity index (χ3v) is 5.24. The van der Waals surface area contributed by atoms with E-state index in [1.807, 2.05) is 0 Å². The topological polar surface area (TPSA) is 46.2 Å². The summed E-state index contributed by atoms with van der Waals surface area (Å²) in [5.74, 6) is 0.411. The van der Waals surface area contributed by atoms with Crippen LogP contribution in [0.5, 0.6) is 0 Å². The Morgan fingerprint density at radius 1 is 1.30 bits per heavy atom. The van der Waals surface area contributed by atoms with E-state index in [1.165, 1.54) is 0 Å². The Balaban J connectivity index is 2.37. The molecule has 0 saturated carbocycles. The van der Waals surface area contributed by atoms with Crippen LogP contribution in [0, 0.1) is 0 Å². The van der Waals surface area contributed by atoms with Crippen LogP contribution in [0.4, 0.5) is 0 Å². The molecule has 2 heterocycles. The molecule has 0 unspecified atom stereocenters. The number of rotatable bonds is 0. The van der Waals surface area contributed by atoms with E-state index in [-0.39, 0.29) is 4.75 Å². The second-order valence-corrected chi connectivity index (χ2v) is 5.71. The molecule has 1 spiro atoms. The van der Waals surface area contributed by atoms with Crippen molar-refractivity contribution in [2.45, 2.75) is 17.6 Å². The molecule has 2 fully saturated rings. The van der Waals surface area contributed by atoms with Gasteiger partial charge in [-0.25, -0.2) is 8.42 Å². The summed E-state index contributed by atoms with van der Waals surface area (Å²) in [6, 6.07) is 0. The van der Waals surface area contributed by atoms with Crippen LogP contribution in [-0.2, 0) is 9.84 Å². The largest absolute Gasteiger partial charge is 0.313 e. The Hall–Kier alpha value is -0.0900. The molecule has 0 radical (unpaired) electrons. The highest BCUT2D eigenvalue weighted by Crippen LogP contribution is 2.35. The fourth-order valence-electron chi connectivity index (χ4n) is 1.76. The van der Waals surface area contributed by atoms with Crippen LogP contribution in [0.15, 0.2) is 0 Å². The molecular formula is C6H11NO2S. The van der Waals surface area contributed by atoms with Gasteiger partial charge in [-0.05, 0) is 12.8 Å². The minimum absolute atomic E-state index is 0.326. The summed E-state index contributed by atoms with van der Waals surface area (Å²) in [7, 11) is -2.71. The molecule has 3 nitrogen and oxygen atoms in total. The van der Waals surface area contributed by atoms with Gasteiger partial charge in [0.25, 0.3) is 0 Å². The normalized spacial score (nSPS) is 34.0. The lowest BCUT2D eigenvalue weighted by Crippen LogP contribution is -2.61. The smallest absolute Gasteiger partial charge is 0.158 e. The van der Waals surface area contributed by atoms with E-state index in [4.69, 9.17) is 0 Å². The van der Waals surface area contributed by atoms with Crippen LogP contribution in [0.3, 0.4) is 0 Å². The minimum atomic E-state index is -2.71. The van der Waals surface area contributed by atoms with E-state index in [2.05, 4.69) is 5.32 Å². The fraction of sp³-hybridized carbons (Fsp3) is 1.00. The fourth-order valence-corrected chi connectivity index (χ4v) is 3.81. The van der Waals surface area contributed by atoms with Gasteiger partial charge in [0.1, 0.15) is 0 Å². The molecule has 0 bridgehead atoms. The Kier molecular flexibility index (Phi) is 1.15. The molecule has 1 N–H and O–H groups in total. The molecule has 0 aliphatic carbocycles. The molecule has 58 valence electrons. The molecule has 2 aliphatic heterocycles. The van der Waals surface area contributed by atoms with Crippen LogP contribution in [-0.4, -0.2) is 32.0 Å². The zero-order valence-electron chi connectivity index (χ0n) is 5.76. The van der Waals surface area contributed by atoms with Crippen molar-refractivity contribution < 1.29 is 8.42 Å². The van der Waals surface area contributed by atoms with Gasteiger partial charge in [-0.3, -0.25) is 0 Å². The number of sulfone groups is 1. The summed E-state index contributed by atoms with van der Waals surface area (Å²) in [5, 5.41) is 3.02. The molecular weight excluding hydrogens is 150 g/mol. The van der Waals surface area contributed by atoms with Crippen molar-refractivity contribution in [2.75, 3.05) is 18.8 Å². The Bertz CT molecular complexity index is 240. The van der Waals surface area contributed by atoms with E-state index in [0.717, 1.165) is 12.8 Å². The van der Waals surface area contributed by atoms with E-state index in [9.17, 15) is 8.42 Å². The molecule has 2 saturated heterocycles. The molecule has 0 atom stereocenters. The summed E-state index contributed by atoms with van der Waals surface area (Å²) in [4.78, 5) is 0. The number of hydrogen-bond donors (Lipinski definition) is 1. The van der Waals surface area contributed by atoms with Gasteiger partial charge in [-0.1, -0.05) is 0 Å². The van der Waals surface area contributed by atoms with Gasteiger partial charge in [0.05, 0.1) is 10.5 Å². The predicted molar refractivity (Wildman–Crippen MR) is 38.6 cm³/mol. The minimum Gasteiger partial charge on any atom is -0.313 e. The van der Waals surface area contributed by atoms with Gasteiger partial charge in [-0.2, -0.15) is 0 Å². The third kappa shape index (κ3) is 0.609. The lowest BCUT2D eigenvalue weighted by molar-refractivity contribution is 0.362. The molecule has 2 aliphatic rings. The quantitative estimate of drug-likeness (QED) is 0.523. The second kappa shape index (κ2) is 1.74. The maximum Gasteiger partial charge on any atom is 0.158 e. The van der Waals surface area contributed by atoms with Crippen molar-refractivity contribution in [3.05, 3.63) is 0 Å². The first kappa shape index (κ1) is 6.61. The first-order chi connectivity index (χ1) is 4.66. The zero-order chi connectivity index (χ0) is 7.24. The van der Waals surface area contributed by atoms with Gasteiger partial charge in [0.15, 0.2) is 9.84 Å². The number of nitrogens with one attached hydrogen (secondary N) is 1. The van der Waals surface area contributed by atoms with Crippen molar-refractivity contribution in [2.24, 2.45) is 0 Å². The van der Waals surface area contributed by atoms with E-state index >= 15 is 0 Å². The molecule has 10 heavy (non-hydrogen) atoms. The summed E-state index contributed by atoms with van der Waals surface area (Å²) >= 11 is 0. The van der Waals surface area contributed by atoms with Gasteiger partial charge in [-0.15, -0.1) is 0 Å². The molecule has 4 heteroatoms. The van der Waals surface area contributed by atoms with Crippen LogP contribution in [0.2, 0.25) is 0 Å². The van der Waals surface area contributed by atoms with Crippen LogP contribution in [0.1, 0.15) is 12.8 Å². The predicted octanol–water partition coefficient (Wildman–Crippen LogP) is -0.463. The monoisotopic (exact) mass is 161 g/mol. The van der Waals surface area contributed by atoms with Crippen molar-refractivity contribution in [1.29, 1.82) is 0 Å². The van der Waals surface area contributed by atoms with Gasteiger partial charge < -0.3 is 5.32 Å². The first-order valence-corrected chi connectivity index (χ1v) is 5.25. The van der Waals surface area contributed by atoms with Crippen molar-refractivity contribution in [3.63, 3.8) is 0 Å². The summed E-state index contributed by atoms with van der Waals surface area (Å²) in [5.41, 5.74) is 0. The highest BCUT2D eigenvalue weighted by Gasteiger charge is 2.51. The second-order valence-electron chi connectivity index (χ2n) is 3.21. The summed E-state index contributed by atoms with van der Waals surface area (Å²) < 4.78 is 22.3. The van der Waals surface area contributed by atoms with Crippen LogP contribution >= 0.6 is 0 Å². The Labute approximate surface area is 60.7 Å². The standard InChI is InChI=1S/C6H11NO2S/c8-10(9)3-1-2-6(10)4-7-5-6/h7H,1-5H2. The molecule has 2 rings (SSSR count). The average Bonchev–Trinajstić information content (AvgIpc) is 2.02. The van der Waals surface area contributed by atoms with Crippen LogP contribution < -0.4 is 5.32 Å². The Morgan fingerprint density at radius 3 is 2.20 bits per heavy atom. The van der Waals surface area contributed by atoms with Crippen molar-refractivity contribution in [3.8, 4) is 0 Å². The number of hydrogen-bond acceptors (Lipinski definition) is 3. The lowest BCUT2D eigenvalue weighted by Gasteiger charge is -2.37. The summed E-state index contributed by atoms with van der Waals surface area (Å²) in [6.45, 7) is 1.38. The van der Waals surface area contributed by atoms with Gasteiger partial charge in [0.2, 0.25) is 0 Å². The molecule has 0 aromatic rings. The van der Waals surface area contributed by atoms with Gasteiger partial charge in [0, 0.05) is 13.1 Å². The first-order valence-electron chi connectivity index (χ1n) is 3.59. The van der Waals surface area contributed by atoms with Crippen molar-refractivity contribution in [1.82, 2.24) is 5.32 Å². The maximum atomic E-state index is 11.3. The Morgan fingerprint density at radius 2 is 2.00 bits per heavy atom. The van der Waals surface area contributed by atoms with E-state index < -0.39 is 9.84 Å². The van der Waals surface area contributed by atoms with E-state index in [1.54, 1.807) is 0 Å². The highest BCUT2D eigenvalue weighted by atomic mass is 32.2. The molecule has 0 aromatic heterocycles. The van der Waals surface area contributed by atoms with Crippen LogP contribution in [0.25, 0.3) is 0 Å². The van der Waals surface area contributed by atoms with E-state index in [0.29, 0.717) is 18.8 Å². The summed E-state index contributed by atoms with van der Waals surface area (Å²) in [6.07, 6.45) is 1.74. The van der Waals surface area contributed by atoms with Gasteiger partial charge >= 0.3 is 0 Å². The zero-order valence-corrected chi connectivity index (χ0v) is 6.58. The molecule has 0 amide bonds. The average molecular weight is 161 g/mol.